The van der Waals surface area contributed by atoms with E-state index in [1.165, 1.54) is 19.3 Å². The Morgan fingerprint density at radius 1 is 1.33 bits per heavy atom. The standard InChI is InChI=1S/C12H17IO2/c1-3-4-5-6-7-10-12(13)9(2)8-11(14)15-10/h8H,3-7H2,1-2H3. The molecule has 0 aromatic carbocycles. The van der Waals surface area contributed by atoms with Gasteiger partial charge in [-0.1, -0.05) is 26.2 Å². The quantitative estimate of drug-likeness (QED) is 0.612. The smallest absolute Gasteiger partial charge is 0.336 e. The molecule has 1 rings (SSSR count). The Labute approximate surface area is 104 Å². The molecule has 3 heteroatoms. The first-order valence-electron chi connectivity index (χ1n) is 5.44. The molecule has 0 N–H and O–H groups in total. The number of rotatable bonds is 5. The summed E-state index contributed by atoms with van der Waals surface area (Å²) in [6.07, 6.45) is 5.69. The lowest BCUT2D eigenvalue weighted by molar-refractivity contribution is 0.443. The second-order valence-corrected chi connectivity index (χ2v) is 4.88. The predicted octanol–water partition coefficient (Wildman–Crippen LogP) is 3.68. The van der Waals surface area contributed by atoms with Gasteiger partial charge in [0.15, 0.2) is 0 Å². The van der Waals surface area contributed by atoms with E-state index in [1.54, 1.807) is 6.07 Å². The zero-order chi connectivity index (χ0) is 11.3. The van der Waals surface area contributed by atoms with Crippen molar-refractivity contribution in [3.63, 3.8) is 0 Å². The van der Waals surface area contributed by atoms with Crippen LogP contribution in [0.5, 0.6) is 0 Å². The molecule has 1 aromatic heterocycles. The van der Waals surface area contributed by atoms with Crippen LogP contribution in [-0.4, -0.2) is 0 Å². The molecule has 0 aliphatic heterocycles. The number of halogens is 1. The van der Waals surface area contributed by atoms with Crippen LogP contribution in [0.25, 0.3) is 0 Å². The third-order valence-electron chi connectivity index (χ3n) is 2.41. The minimum Gasteiger partial charge on any atom is -0.427 e. The van der Waals surface area contributed by atoms with Crippen LogP contribution in [0.2, 0.25) is 0 Å². The monoisotopic (exact) mass is 320 g/mol. The molecule has 1 aromatic rings. The molecule has 0 saturated heterocycles. The Morgan fingerprint density at radius 2 is 2.07 bits per heavy atom. The van der Waals surface area contributed by atoms with Crippen molar-refractivity contribution in [1.82, 2.24) is 0 Å². The molecule has 0 unspecified atom stereocenters. The predicted molar refractivity (Wildman–Crippen MR) is 70.3 cm³/mol. The Kier molecular flexibility index (Phi) is 5.36. The van der Waals surface area contributed by atoms with Gasteiger partial charge in [0.05, 0.1) is 3.57 Å². The van der Waals surface area contributed by atoms with E-state index in [9.17, 15) is 4.79 Å². The highest BCUT2D eigenvalue weighted by Crippen LogP contribution is 2.17. The average Bonchev–Trinajstić information content (AvgIpc) is 2.19. The SMILES string of the molecule is CCCCCCc1oc(=O)cc(C)c1I. The number of unbranched alkanes of at least 4 members (excludes halogenated alkanes) is 3. The van der Waals surface area contributed by atoms with Crippen molar-refractivity contribution in [1.29, 1.82) is 0 Å². The minimum atomic E-state index is -0.224. The third-order valence-corrected chi connectivity index (χ3v) is 3.86. The third kappa shape index (κ3) is 3.97. The molecule has 0 aliphatic rings. The molecule has 0 aliphatic carbocycles. The lowest BCUT2D eigenvalue weighted by Gasteiger charge is -2.04. The van der Waals surface area contributed by atoms with Crippen LogP contribution in [0.4, 0.5) is 0 Å². The molecule has 0 spiro atoms. The summed E-state index contributed by atoms with van der Waals surface area (Å²) in [5, 5.41) is 0. The Hall–Kier alpha value is -0.320. The normalized spacial score (nSPS) is 10.6. The van der Waals surface area contributed by atoms with Gasteiger partial charge in [0.1, 0.15) is 5.76 Å². The van der Waals surface area contributed by atoms with Crippen molar-refractivity contribution in [2.24, 2.45) is 0 Å². The summed E-state index contributed by atoms with van der Waals surface area (Å²) >= 11 is 2.25. The van der Waals surface area contributed by atoms with Crippen LogP contribution < -0.4 is 5.63 Å². The molecule has 0 fully saturated rings. The van der Waals surface area contributed by atoms with E-state index in [0.717, 1.165) is 27.7 Å². The van der Waals surface area contributed by atoms with E-state index >= 15 is 0 Å². The van der Waals surface area contributed by atoms with Crippen LogP contribution in [0.3, 0.4) is 0 Å². The van der Waals surface area contributed by atoms with Gasteiger partial charge in [-0.05, 0) is 41.5 Å². The van der Waals surface area contributed by atoms with Crippen molar-refractivity contribution >= 4 is 22.6 Å². The first-order chi connectivity index (χ1) is 7.15. The maximum atomic E-state index is 11.2. The van der Waals surface area contributed by atoms with Crippen LogP contribution in [0.1, 0.15) is 43.9 Å². The van der Waals surface area contributed by atoms with Gasteiger partial charge < -0.3 is 4.42 Å². The molecule has 0 radical (unpaired) electrons. The van der Waals surface area contributed by atoms with E-state index in [4.69, 9.17) is 4.42 Å². The summed E-state index contributed by atoms with van der Waals surface area (Å²) in [7, 11) is 0. The minimum absolute atomic E-state index is 0.224. The molecule has 0 atom stereocenters. The fourth-order valence-electron chi connectivity index (χ4n) is 1.53. The summed E-state index contributed by atoms with van der Waals surface area (Å²) in [5.74, 6) is 0.858. The fraction of sp³-hybridized carbons (Fsp3) is 0.583. The lowest BCUT2D eigenvalue weighted by Crippen LogP contribution is -2.04. The van der Waals surface area contributed by atoms with E-state index in [2.05, 4.69) is 29.5 Å². The first kappa shape index (κ1) is 12.7. The Morgan fingerprint density at radius 3 is 2.73 bits per heavy atom. The van der Waals surface area contributed by atoms with Gasteiger partial charge in [0.2, 0.25) is 0 Å². The summed E-state index contributed by atoms with van der Waals surface area (Å²) in [6, 6.07) is 1.55. The zero-order valence-corrected chi connectivity index (χ0v) is 11.5. The van der Waals surface area contributed by atoms with E-state index in [0.29, 0.717) is 0 Å². The molecule has 0 amide bonds. The molecule has 2 nitrogen and oxygen atoms in total. The number of aryl methyl sites for hydroxylation is 2. The molecule has 0 bridgehead atoms. The summed E-state index contributed by atoms with van der Waals surface area (Å²) in [6.45, 7) is 4.14. The van der Waals surface area contributed by atoms with Gasteiger partial charge in [-0.2, -0.15) is 0 Å². The van der Waals surface area contributed by atoms with Crippen LogP contribution in [-0.2, 0) is 6.42 Å². The second kappa shape index (κ2) is 6.30. The maximum Gasteiger partial charge on any atom is 0.336 e. The van der Waals surface area contributed by atoms with Crippen LogP contribution in [0, 0.1) is 10.5 Å². The summed E-state index contributed by atoms with van der Waals surface area (Å²) in [5.41, 5.74) is 0.802. The molecule has 1 heterocycles. The highest BCUT2D eigenvalue weighted by Gasteiger charge is 2.06. The topological polar surface area (TPSA) is 30.2 Å². The Bertz CT molecular complexity index is 368. The summed E-state index contributed by atoms with van der Waals surface area (Å²) < 4.78 is 6.31. The van der Waals surface area contributed by atoms with E-state index in [1.807, 2.05) is 6.92 Å². The molecular formula is C12H17IO2. The average molecular weight is 320 g/mol. The molecule has 0 saturated carbocycles. The molecular weight excluding hydrogens is 303 g/mol. The number of hydrogen-bond acceptors (Lipinski definition) is 2. The van der Waals surface area contributed by atoms with Crippen molar-refractivity contribution in [2.75, 3.05) is 0 Å². The largest absolute Gasteiger partial charge is 0.427 e. The van der Waals surface area contributed by atoms with Gasteiger partial charge in [-0.15, -0.1) is 0 Å². The number of hydrogen-bond donors (Lipinski definition) is 0. The van der Waals surface area contributed by atoms with Crippen molar-refractivity contribution in [2.45, 2.75) is 46.0 Å². The lowest BCUT2D eigenvalue weighted by atomic mass is 10.1. The van der Waals surface area contributed by atoms with Gasteiger partial charge in [-0.3, -0.25) is 0 Å². The van der Waals surface area contributed by atoms with E-state index < -0.39 is 0 Å². The van der Waals surface area contributed by atoms with Gasteiger partial charge in [0.25, 0.3) is 0 Å². The van der Waals surface area contributed by atoms with Gasteiger partial charge >= 0.3 is 5.63 Å². The van der Waals surface area contributed by atoms with Crippen LogP contribution in [0.15, 0.2) is 15.3 Å². The highest BCUT2D eigenvalue weighted by molar-refractivity contribution is 14.1. The van der Waals surface area contributed by atoms with Crippen molar-refractivity contribution < 1.29 is 4.42 Å². The first-order valence-corrected chi connectivity index (χ1v) is 6.52. The Balaban J connectivity index is 2.64. The summed E-state index contributed by atoms with van der Waals surface area (Å²) in [4.78, 5) is 11.2. The second-order valence-electron chi connectivity index (χ2n) is 3.80. The fourth-order valence-corrected chi connectivity index (χ4v) is 2.06. The highest BCUT2D eigenvalue weighted by atomic mass is 127. The molecule has 84 valence electrons. The molecule has 15 heavy (non-hydrogen) atoms. The van der Waals surface area contributed by atoms with Gasteiger partial charge in [-0.25, -0.2) is 4.79 Å². The zero-order valence-electron chi connectivity index (χ0n) is 9.31. The van der Waals surface area contributed by atoms with Crippen LogP contribution >= 0.6 is 22.6 Å². The van der Waals surface area contributed by atoms with Crippen molar-refractivity contribution in [3.8, 4) is 0 Å². The van der Waals surface area contributed by atoms with Crippen molar-refractivity contribution in [3.05, 3.63) is 31.4 Å². The van der Waals surface area contributed by atoms with E-state index in [-0.39, 0.29) is 5.63 Å². The maximum absolute atomic E-state index is 11.2. The van der Waals surface area contributed by atoms with Gasteiger partial charge in [0, 0.05) is 12.5 Å².